The van der Waals surface area contributed by atoms with Gasteiger partial charge in [-0.2, -0.15) is 4.98 Å². The Labute approximate surface area is 154 Å². The van der Waals surface area contributed by atoms with Gasteiger partial charge in [0.15, 0.2) is 11.2 Å². The largest absolute Gasteiger partial charge is 0.471 e. The summed E-state index contributed by atoms with van der Waals surface area (Å²) in [5.74, 6) is 2.09. The van der Waals surface area contributed by atoms with E-state index < -0.39 is 0 Å². The number of nitrogens with zero attached hydrogens (tertiary/aromatic N) is 5. The van der Waals surface area contributed by atoms with Gasteiger partial charge in [0.1, 0.15) is 18.3 Å². The van der Waals surface area contributed by atoms with Crippen molar-refractivity contribution in [2.45, 2.75) is 63.7 Å². The molecule has 1 aliphatic carbocycles. The molecule has 2 fully saturated rings. The first kappa shape index (κ1) is 17.7. The van der Waals surface area contributed by atoms with Crippen molar-refractivity contribution in [3.8, 4) is 5.88 Å². The van der Waals surface area contributed by atoms with Crippen molar-refractivity contribution in [1.82, 2.24) is 24.4 Å². The van der Waals surface area contributed by atoms with E-state index >= 15 is 0 Å². The first-order chi connectivity index (χ1) is 12.4. The van der Waals surface area contributed by atoms with Crippen LogP contribution in [-0.2, 0) is 11.8 Å². The second kappa shape index (κ2) is 6.46. The summed E-state index contributed by atoms with van der Waals surface area (Å²) in [5, 5.41) is 0. The highest BCUT2D eigenvalue weighted by atomic mass is 16.5. The van der Waals surface area contributed by atoms with Crippen molar-refractivity contribution in [3.63, 3.8) is 0 Å². The van der Waals surface area contributed by atoms with Crippen LogP contribution in [0.3, 0.4) is 0 Å². The zero-order valence-electron chi connectivity index (χ0n) is 16.4. The Morgan fingerprint density at radius 2 is 1.92 bits per heavy atom. The normalized spacial score (nSPS) is 27.0. The van der Waals surface area contributed by atoms with Crippen LogP contribution in [-0.4, -0.2) is 62.4 Å². The summed E-state index contributed by atoms with van der Waals surface area (Å²) < 4.78 is 13.7. The molecule has 4 rings (SSSR count). The van der Waals surface area contributed by atoms with Crippen LogP contribution in [0.25, 0.3) is 11.2 Å². The summed E-state index contributed by atoms with van der Waals surface area (Å²) in [6.07, 6.45) is 5.13. The molecule has 0 bridgehead atoms. The van der Waals surface area contributed by atoms with Crippen molar-refractivity contribution in [2.75, 3.05) is 20.2 Å². The molecular weight excluding hydrogens is 330 g/mol. The minimum absolute atomic E-state index is 0.152. The van der Waals surface area contributed by atoms with Crippen LogP contribution >= 0.6 is 0 Å². The van der Waals surface area contributed by atoms with Gasteiger partial charge in [-0.05, 0) is 40.0 Å². The molecule has 0 radical (unpaired) electrons. The molecule has 26 heavy (non-hydrogen) atoms. The van der Waals surface area contributed by atoms with Gasteiger partial charge in [0, 0.05) is 38.7 Å². The first-order valence-corrected chi connectivity index (χ1v) is 9.48. The predicted octanol–water partition coefficient (Wildman–Crippen LogP) is 2.51. The molecule has 2 aliphatic rings. The van der Waals surface area contributed by atoms with Crippen molar-refractivity contribution in [1.29, 1.82) is 0 Å². The molecule has 7 nitrogen and oxygen atoms in total. The third kappa shape index (κ3) is 3.07. The standard InChI is InChI=1S/C19H29N5O2/c1-19(2,3)24-7-6-13(10-24)26-18-15-17(20-11-21-18)23(4)16(22-15)12-8-14(9-12)25-5/h11-14H,6-10H2,1-5H3. The minimum atomic E-state index is 0.152. The van der Waals surface area contributed by atoms with Gasteiger partial charge < -0.3 is 14.0 Å². The second-order valence-electron chi connectivity index (χ2n) is 8.55. The van der Waals surface area contributed by atoms with E-state index in [9.17, 15) is 0 Å². The Kier molecular flexibility index (Phi) is 4.39. The predicted molar refractivity (Wildman–Crippen MR) is 99.4 cm³/mol. The Bertz CT molecular complexity index is 791. The van der Waals surface area contributed by atoms with Crippen molar-refractivity contribution >= 4 is 11.2 Å². The highest BCUT2D eigenvalue weighted by Crippen LogP contribution is 2.39. The number of fused-ring (bicyclic) bond motifs is 1. The van der Waals surface area contributed by atoms with Crippen LogP contribution < -0.4 is 4.74 Å². The maximum atomic E-state index is 6.26. The molecule has 2 aromatic heterocycles. The van der Waals surface area contributed by atoms with Crippen LogP contribution in [0.5, 0.6) is 5.88 Å². The first-order valence-electron chi connectivity index (χ1n) is 9.48. The molecule has 1 atom stereocenters. The molecule has 2 aromatic rings. The van der Waals surface area contributed by atoms with Gasteiger partial charge in [0.05, 0.1) is 6.10 Å². The maximum Gasteiger partial charge on any atom is 0.245 e. The highest BCUT2D eigenvalue weighted by molar-refractivity contribution is 5.76. The molecule has 7 heteroatoms. The van der Waals surface area contributed by atoms with Crippen molar-refractivity contribution in [3.05, 3.63) is 12.2 Å². The molecule has 0 N–H and O–H groups in total. The molecule has 1 unspecified atom stereocenters. The van der Waals surface area contributed by atoms with Gasteiger partial charge in [0.25, 0.3) is 0 Å². The van der Waals surface area contributed by atoms with E-state index in [1.54, 1.807) is 13.4 Å². The molecule has 3 heterocycles. The number of hydrogen-bond donors (Lipinski definition) is 0. The van der Waals surface area contributed by atoms with E-state index in [-0.39, 0.29) is 11.6 Å². The van der Waals surface area contributed by atoms with E-state index in [1.165, 1.54) is 0 Å². The third-order valence-electron chi connectivity index (χ3n) is 5.82. The van der Waals surface area contributed by atoms with Gasteiger partial charge in [-0.3, -0.25) is 4.90 Å². The monoisotopic (exact) mass is 359 g/mol. The number of ether oxygens (including phenoxy) is 2. The van der Waals surface area contributed by atoms with Crippen LogP contribution in [0, 0.1) is 0 Å². The van der Waals surface area contributed by atoms with Crippen LogP contribution in [0.4, 0.5) is 0 Å². The summed E-state index contributed by atoms with van der Waals surface area (Å²) in [5.41, 5.74) is 1.79. The number of aromatic nitrogens is 4. The quantitative estimate of drug-likeness (QED) is 0.836. The smallest absolute Gasteiger partial charge is 0.245 e. The summed E-state index contributed by atoms with van der Waals surface area (Å²) in [7, 11) is 3.80. The molecule has 1 saturated heterocycles. The zero-order valence-corrected chi connectivity index (χ0v) is 16.4. The number of likely N-dealkylation sites (tertiary alicyclic amines) is 1. The van der Waals surface area contributed by atoms with Gasteiger partial charge >= 0.3 is 0 Å². The van der Waals surface area contributed by atoms with Gasteiger partial charge in [-0.15, -0.1) is 0 Å². The fourth-order valence-corrected chi connectivity index (χ4v) is 4.01. The van der Waals surface area contributed by atoms with E-state index in [1.807, 2.05) is 7.05 Å². The summed E-state index contributed by atoms with van der Waals surface area (Å²) in [4.78, 5) is 16.1. The molecular formula is C19H29N5O2. The molecule has 142 valence electrons. The third-order valence-corrected chi connectivity index (χ3v) is 5.82. The fourth-order valence-electron chi connectivity index (χ4n) is 4.01. The van der Waals surface area contributed by atoms with Crippen molar-refractivity contribution in [2.24, 2.45) is 7.05 Å². The second-order valence-corrected chi connectivity index (χ2v) is 8.55. The Morgan fingerprint density at radius 3 is 2.58 bits per heavy atom. The number of methoxy groups -OCH3 is 1. The average Bonchev–Trinajstić information content (AvgIpc) is 3.13. The fraction of sp³-hybridized carbons (Fsp3) is 0.737. The summed E-state index contributed by atoms with van der Waals surface area (Å²) in [6, 6.07) is 0. The SMILES string of the molecule is COC1CC(c2nc3c(OC4CCN(C(C)(C)C)C4)ncnc3n2C)C1. The Balaban J connectivity index is 1.55. The molecule has 1 saturated carbocycles. The minimum Gasteiger partial charge on any atom is -0.471 e. The molecule has 0 aromatic carbocycles. The van der Waals surface area contributed by atoms with Crippen LogP contribution in [0.1, 0.15) is 51.8 Å². The van der Waals surface area contributed by atoms with Crippen LogP contribution in [0.2, 0.25) is 0 Å². The van der Waals surface area contributed by atoms with Gasteiger partial charge in [-0.1, -0.05) is 0 Å². The van der Waals surface area contributed by atoms with Gasteiger partial charge in [0.2, 0.25) is 5.88 Å². The lowest BCUT2D eigenvalue weighted by atomic mass is 9.81. The maximum absolute atomic E-state index is 6.26. The van der Waals surface area contributed by atoms with E-state index in [4.69, 9.17) is 14.5 Å². The van der Waals surface area contributed by atoms with E-state index in [2.05, 4.69) is 40.2 Å². The molecule has 0 spiro atoms. The van der Waals surface area contributed by atoms with Gasteiger partial charge in [-0.25, -0.2) is 9.97 Å². The Morgan fingerprint density at radius 1 is 1.15 bits per heavy atom. The number of aryl methyl sites for hydroxylation is 1. The lowest BCUT2D eigenvalue weighted by Crippen LogP contribution is -2.40. The molecule has 0 amide bonds. The topological polar surface area (TPSA) is 65.3 Å². The van der Waals surface area contributed by atoms with Crippen LogP contribution in [0.15, 0.2) is 6.33 Å². The number of rotatable bonds is 4. The van der Waals surface area contributed by atoms with Crippen molar-refractivity contribution < 1.29 is 9.47 Å². The lowest BCUT2D eigenvalue weighted by molar-refractivity contribution is 0.0231. The lowest BCUT2D eigenvalue weighted by Gasteiger charge is -2.33. The van der Waals surface area contributed by atoms with E-state index in [0.717, 1.165) is 49.3 Å². The molecule has 1 aliphatic heterocycles. The Hall–Kier alpha value is -1.73. The highest BCUT2D eigenvalue weighted by Gasteiger charge is 2.35. The van der Waals surface area contributed by atoms with E-state index in [0.29, 0.717) is 17.9 Å². The number of imidazole rings is 1. The zero-order chi connectivity index (χ0) is 18.5. The average molecular weight is 359 g/mol. The summed E-state index contributed by atoms with van der Waals surface area (Å²) in [6.45, 7) is 8.71. The summed E-state index contributed by atoms with van der Waals surface area (Å²) >= 11 is 0. The number of hydrogen-bond acceptors (Lipinski definition) is 6.